The maximum atomic E-state index is 3.62. The SMILES string of the molecule is CN(CC1CCCCC1)C1CCNC(C)(C)C1. The zero-order valence-corrected chi connectivity index (χ0v) is 12.0. The first kappa shape index (κ1) is 13.4. The lowest BCUT2D eigenvalue weighted by atomic mass is 9.86. The molecule has 0 spiro atoms. The minimum atomic E-state index is 0.337. The van der Waals surface area contributed by atoms with Crippen molar-refractivity contribution in [3.05, 3.63) is 0 Å². The minimum Gasteiger partial charge on any atom is -0.312 e. The van der Waals surface area contributed by atoms with Gasteiger partial charge in [-0.05, 0) is 59.0 Å². The lowest BCUT2D eigenvalue weighted by Crippen LogP contribution is -2.53. The molecule has 2 heteroatoms. The van der Waals surface area contributed by atoms with Gasteiger partial charge in [-0.25, -0.2) is 0 Å². The van der Waals surface area contributed by atoms with Gasteiger partial charge < -0.3 is 10.2 Å². The molecule has 1 saturated carbocycles. The second-order valence-electron chi connectivity index (χ2n) is 6.90. The highest BCUT2D eigenvalue weighted by atomic mass is 15.2. The van der Waals surface area contributed by atoms with Crippen molar-refractivity contribution in [1.29, 1.82) is 0 Å². The van der Waals surface area contributed by atoms with E-state index in [0.717, 1.165) is 12.0 Å². The average molecular weight is 238 g/mol. The third kappa shape index (κ3) is 3.96. The predicted molar refractivity (Wildman–Crippen MR) is 74.3 cm³/mol. The molecule has 1 saturated heterocycles. The molecule has 0 bridgehead atoms. The molecule has 2 fully saturated rings. The highest BCUT2D eigenvalue weighted by Crippen LogP contribution is 2.27. The van der Waals surface area contributed by atoms with E-state index in [4.69, 9.17) is 0 Å². The monoisotopic (exact) mass is 238 g/mol. The maximum Gasteiger partial charge on any atom is 0.0140 e. The Labute approximate surface area is 107 Å². The fourth-order valence-corrected chi connectivity index (χ4v) is 3.64. The number of nitrogens with one attached hydrogen (secondary N) is 1. The second kappa shape index (κ2) is 5.71. The predicted octanol–water partition coefficient (Wildman–Crippen LogP) is 3.03. The number of hydrogen-bond acceptors (Lipinski definition) is 2. The van der Waals surface area contributed by atoms with Crippen LogP contribution in [0.5, 0.6) is 0 Å². The summed E-state index contributed by atoms with van der Waals surface area (Å²) in [4.78, 5) is 2.65. The zero-order chi connectivity index (χ0) is 12.3. The third-order valence-corrected chi connectivity index (χ3v) is 4.72. The summed E-state index contributed by atoms with van der Waals surface area (Å²) < 4.78 is 0. The van der Waals surface area contributed by atoms with Crippen LogP contribution in [0.15, 0.2) is 0 Å². The van der Waals surface area contributed by atoms with E-state index in [-0.39, 0.29) is 0 Å². The van der Waals surface area contributed by atoms with Gasteiger partial charge in [-0.2, -0.15) is 0 Å². The van der Waals surface area contributed by atoms with E-state index in [0.29, 0.717) is 5.54 Å². The van der Waals surface area contributed by atoms with E-state index < -0.39 is 0 Å². The Hall–Kier alpha value is -0.0800. The lowest BCUT2D eigenvalue weighted by Gasteiger charge is -2.42. The van der Waals surface area contributed by atoms with Crippen LogP contribution in [0.1, 0.15) is 58.8 Å². The van der Waals surface area contributed by atoms with Crippen molar-refractivity contribution >= 4 is 0 Å². The summed E-state index contributed by atoms with van der Waals surface area (Å²) in [6.07, 6.45) is 9.98. The maximum absolute atomic E-state index is 3.62. The smallest absolute Gasteiger partial charge is 0.0140 e. The van der Waals surface area contributed by atoms with Gasteiger partial charge >= 0.3 is 0 Å². The van der Waals surface area contributed by atoms with Gasteiger partial charge in [0, 0.05) is 18.1 Å². The van der Waals surface area contributed by atoms with Crippen molar-refractivity contribution in [3.63, 3.8) is 0 Å². The summed E-state index contributed by atoms with van der Waals surface area (Å²) in [6, 6.07) is 0.799. The molecule has 100 valence electrons. The number of rotatable bonds is 3. The molecular formula is C15H30N2. The van der Waals surface area contributed by atoms with Crippen LogP contribution in [0.3, 0.4) is 0 Å². The van der Waals surface area contributed by atoms with Crippen LogP contribution >= 0.6 is 0 Å². The molecule has 0 aromatic carbocycles. The third-order valence-electron chi connectivity index (χ3n) is 4.72. The standard InChI is InChI=1S/C15H30N2/c1-15(2)11-14(9-10-16-15)17(3)12-13-7-5-4-6-8-13/h13-14,16H,4-12H2,1-3H3. The normalized spacial score (nSPS) is 30.7. The molecule has 0 radical (unpaired) electrons. The van der Waals surface area contributed by atoms with Gasteiger partial charge in [0.2, 0.25) is 0 Å². The van der Waals surface area contributed by atoms with Crippen molar-refractivity contribution in [2.24, 2.45) is 5.92 Å². The molecule has 0 amide bonds. The van der Waals surface area contributed by atoms with Crippen LogP contribution < -0.4 is 5.32 Å². The molecule has 2 rings (SSSR count). The quantitative estimate of drug-likeness (QED) is 0.813. The second-order valence-corrected chi connectivity index (χ2v) is 6.90. The lowest BCUT2D eigenvalue weighted by molar-refractivity contribution is 0.118. The van der Waals surface area contributed by atoms with Gasteiger partial charge in [-0.15, -0.1) is 0 Å². The molecule has 1 atom stereocenters. The molecule has 17 heavy (non-hydrogen) atoms. The van der Waals surface area contributed by atoms with Crippen molar-refractivity contribution in [2.45, 2.75) is 70.4 Å². The highest BCUT2D eigenvalue weighted by molar-refractivity contribution is 4.90. The molecule has 0 aromatic heterocycles. The minimum absolute atomic E-state index is 0.337. The van der Waals surface area contributed by atoms with Crippen molar-refractivity contribution in [2.75, 3.05) is 20.1 Å². The summed E-state index contributed by atoms with van der Waals surface area (Å²) in [5.74, 6) is 0.978. The van der Waals surface area contributed by atoms with Crippen molar-refractivity contribution in [3.8, 4) is 0 Å². The van der Waals surface area contributed by atoms with Crippen LogP contribution in [0.25, 0.3) is 0 Å². The summed E-state index contributed by atoms with van der Waals surface area (Å²) in [5.41, 5.74) is 0.337. The van der Waals surface area contributed by atoms with E-state index in [1.807, 2.05) is 0 Å². The number of piperidine rings is 1. The molecule has 1 unspecified atom stereocenters. The Bertz CT molecular complexity index is 231. The summed E-state index contributed by atoms with van der Waals surface area (Å²) in [7, 11) is 2.35. The first-order valence-corrected chi connectivity index (χ1v) is 7.52. The largest absolute Gasteiger partial charge is 0.312 e. The molecule has 1 aliphatic heterocycles. The van der Waals surface area contributed by atoms with Gasteiger partial charge in [0.25, 0.3) is 0 Å². The van der Waals surface area contributed by atoms with Crippen LogP contribution in [0.4, 0.5) is 0 Å². The Balaban J connectivity index is 1.80. The molecule has 2 nitrogen and oxygen atoms in total. The topological polar surface area (TPSA) is 15.3 Å². The number of hydrogen-bond donors (Lipinski definition) is 1. The van der Waals surface area contributed by atoms with Crippen LogP contribution in [0, 0.1) is 5.92 Å². The Morgan fingerprint density at radius 1 is 1.12 bits per heavy atom. The summed E-state index contributed by atoms with van der Waals surface area (Å²) >= 11 is 0. The van der Waals surface area contributed by atoms with Crippen LogP contribution in [-0.4, -0.2) is 36.6 Å². The summed E-state index contributed by atoms with van der Waals surface area (Å²) in [5, 5.41) is 3.62. The summed E-state index contributed by atoms with van der Waals surface area (Å²) in [6.45, 7) is 7.20. The molecule has 1 heterocycles. The van der Waals surface area contributed by atoms with E-state index in [1.54, 1.807) is 0 Å². The first-order chi connectivity index (χ1) is 8.07. The molecule has 2 aliphatic rings. The fourth-order valence-electron chi connectivity index (χ4n) is 3.64. The van der Waals surface area contributed by atoms with Gasteiger partial charge in [0.05, 0.1) is 0 Å². The van der Waals surface area contributed by atoms with Gasteiger partial charge in [-0.1, -0.05) is 19.3 Å². The van der Waals surface area contributed by atoms with Crippen LogP contribution in [-0.2, 0) is 0 Å². The van der Waals surface area contributed by atoms with Gasteiger partial charge in [0.1, 0.15) is 0 Å². The Morgan fingerprint density at radius 2 is 1.82 bits per heavy atom. The van der Waals surface area contributed by atoms with E-state index >= 15 is 0 Å². The fraction of sp³-hybridized carbons (Fsp3) is 1.00. The van der Waals surface area contributed by atoms with Crippen molar-refractivity contribution in [1.82, 2.24) is 10.2 Å². The molecule has 0 aromatic rings. The van der Waals surface area contributed by atoms with E-state index in [2.05, 4.69) is 31.1 Å². The first-order valence-electron chi connectivity index (χ1n) is 7.52. The molecule has 1 aliphatic carbocycles. The zero-order valence-electron chi connectivity index (χ0n) is 12.0. The Morgan fingerprint density at radius 3 is 2.47 bits per heavy atom. The van der Waals surface area contributed by atoms with Crippen LogP contribution in [0.2, 0.25) is 0 Å². The Kier molecular flexibility index (Phi) is 4.48. The van der Waals surface area contributed by atoms with Crippen molar-refractivity contribution < 1.29 is 0 Å². The van der Waals surface area contributed by atoms with Gasteiger partial charge in [-0.3, -0.25) is 0 Å². The van der Waals surface area contributed by atoms with E-state index in [1.165, 1.54) is 58.0 Å². The molecule has 1 N–H and O–H groups in total. The molecular weight excluding hydrogens is 208 g/mol. The highest BCUT2D eigenvalue weighted by Gasteiger charge is 2.30. The average Bonchev–Trinajstić information content (AvgIpc) is 2.29. The van der Waals surface area contributed by atoms with Gasteiger partial charge in [0.15, 0.2) is 0 Å². The van der Waals surface area contributed by atoms with E-state index in [9.17, 15) is 0 Å². The number of nitrogens with zero attached hydrogens (tertiary/aromatic N) is 1.